The summed E-state index contributed by atoms with van der Waals surface area (Å²) in [5.41, 5.74) is 0.680. The molecule has 0 aliphatic carbocycles. The molecule has 1 aliphatic rings. The van der Waals surface area contributed by atoms with E-state index in [1.807, 2.05) is 31.7 Å². The summed E-state index contributed by atoms with van der Waals surface area (Å²) in [6, 6.07) is 10.4. The van der Waals surface area contributed by atoms with E-state index >= 15 is 0 Å². The molecule has 2 atom stereocenters. The summed E-state index contributed by atoms with van der Waals surface area (Å²) in [6.45, 7) is 19.3. The first kappa shape index (κ1) is 24.9. The number of amides is 1. The van der Waals surface area contributed by atoms with Crippen LogP contribution in [-0.4, -0.2) is 56.7 Å². The van der Waals surface area contributed by atoms with Gasteiger partial charge in [-0.3, -0.25) is 4.90 Å². The highest BCUT2D eigenvalue weighted by Gasteiger charge is 2.40. The standard InChI is InChI=1S/C24H42N2O3Si/c1-23(2,3)29-22(27)26(20-14-15-25-17-20)21(16-19-12-10-9-11-13-19)18-28-30(7,8)24(4,5)6/h9-13,20-21,25H,14-18H2,1-8H3/t20?,21-/m0/s1. The number of ether oxygens (including phenoxy) is 1. The SMILES string of the molecule is CC(C)(C)OC(=O)N(C1CCNC1)[C@H](CO[Si](C)(C)C(C)(C)C)Cc1ccccc1. The minimum Gasteiger partial charge on any atom is -0.444 e. The Hall–Kier alpha value is -1.37. The van der Waals surface area contributed by atoms with Gasteiger partial charge >= 0.3 is 6.09 Å². The van der Waals surface area contributed by atoms with Gasteiger partial charge in [-0.05, 0) is 63.9 Å². The van der Waals surface area contributed by atoms with Crippen LogP contribution >= 0.6 is 0 Å². The highest BCUT2D eigenvalue weighted by atomic mass is 28.4. The molecule has 1 aromatic rings. The molecule has 1 saturated heterocycles. The van der Waals surface area contributed by atoms with Crippen LogP contribution in [0, 0.1) is 0 Å². The van der Waals surface area contributed by atoms with Crippen molar-refractivity contribution in [1.29, 1.82) is 0 Å². The van der Waals surface area contributed by atoms with Crippen molar-refractivity contribution in [2.45, 2.75) is 90.2 Å². The Morgan fingerprint density at radius 2 is 1.80 bits per heavy atom. The summed E-state index contributed by atoms with van der Waals surface area (Å²) < 4.78 is 12.5. The summed E-state index contributed by atoms with van der Waals surface area (Å²) in [5.74, 6) is 0. The van der Waals surface area contributed by atoms with Crippen molar-refractivity contribution < 1.29 is 14.0 Å². The van der Waals surface area contributed by atoms with Crippen molar-refractivity contribution in [1.82, 2.24) is 10.2 Å². The van der Waals surface area contributed by atoms with Gasteiger partial charge in [0, 0.05) is 12.6 Å². The van der Waals surface area contributed by atoms with Crippen molar-refractivity contribution in [2.24, 2.45) is 0 Å². The molecule has 5 nitrogen and oxygen atoms in total. The largest absolute Gasteiger partial charge is 0.444 e. The highest BCUT2D eigenvalue weighted by molar-refractivity contribution is 6.74. The highest BCUT2D eigenvalue weighted by Crippen LogP contribution is 2.37. The molecule has 0 radical (unpaired) electrons. The van der Waals surface area contributed by atoms with Gasteiger partial charge < -0.3 is 14.5 Å². The number of hydrogen-bond acceptors (Lipinski definition) is 4. The zero-order valence-corrected chi connectivity index (χ0v) is 21.2. The van der Waals surface area contributed by atoms with E-state index in [0.717, 1.165) is 25.9 Å². The normalized spacial score (nSPS) is 18.9. The molecule has 1 N–H and O–H groups in total. The number of carbonyl (C=O) groups excluding carboxylic acids is 1. The molecule has 2 rings (SSSR count). The molecule has 1 amide bonds. The van der Waals surface area contributed by atoms with E-state index in [4.69, 9.17) is 9.16 Å². The van der Waals surface area contributed by atoms with E-state index in [0.29, 0.717) is 6.61 Å². The minimum absolute atomic E-state index is 0.0683. The summed E-state index contributed by atoms with van der Waals surface area (Å²) in [5, 5.41) is 3.53. The number of nitrogens with zero attached hydrogens (tertiary/aromatic N) is 1. The molecule has 30 heavy (non-hydrogen) atoms. The monoisotopic (exact) mass is 434 g/mol. The van der Waals surface area contributed by atoms with Gasteiger partial charge in [-0.2, -0.15) is 0 Å². The predicted octanol–water partition coefficient (Wildman–Crippen LogP) is 5.22. The molecule has 1 heterocycles. The summed E-state index contributed by atoms with van der Waals surface area (Å²) in [4.78, 5) is 15.3. The van der Waals surface area contributed by atoms with Crippen LogP contribution in [0.1, 0.15) is 53.5 Å². The van der Waals surface area contributed by atoms with Crippen molar-refractivity contribution in [3.63, 3.8) is 0 Å². The summed E-state index contributed by atoms with van der Waals surface area (Å²) >= 11 is 0. The number of hydrogen-bond donors (Lipinski definition) is 1. The number of benzene rings is 1. The summed E-state index contributed by atoms with van der Waals surface area (Å²) in [7, 11) is -1.95. The Morgan fingerprint density at radius 1 is 1.17 bits per heavy atom. The maximum absolute atomic E-state index is 13.3. The first-order valence-electron chi connectivity index (χ1n) is 11.2. The zero-order valence-electron chi connectivity index (χ0n) is 20.2. The van der Waals surface area contributed by atoms with E-state index < -0.39 is 13.9 Å². The van der Waals surface area contributed by atoms with Gasteiger partial charge in [-0.25, -0.2) is 4.79 Å². The second kappa shape index (κ2) is 9.84. The molecule has 0 spiro atoms. The smallest absolute Gasteiger partial charge is 0.410 e. The van der Waals surface area contributed by atoms with Crippen LogP contribution in [0.5, 0.6) is 0 Å². The molecular weight excluding hydrogens is 392 g/mol. The third-order valence-electron chi connectivity index (χ3n) is 6.18. The number of nitrogens with one attached hydrogen (secondary N) is 1. The van der Waals surface area contributed by atoms with Gasteiger partial charge in [0.1, 0.15) is 5.60 Å². The fourth-order valence-corrected chi connectivity index (χ4v) is 4.47. The molecular formula is C24H42N2O3Si. The van der Waals surface area contributed by atoms with Crippen LogP contribution in [0.3, 0.4) is 0 Å². The quantitative estimate of drug-likeness (QED) is 0.598. The van der Waals surface area contributed by atoms with Crippen LogP contribution in [0.15, 0.2) is 30.3 Å². The topological polar surface area (TPSA) is 50.8 Å². The number of carbonyl (C=O) groups is 1. The van der Waals surface area contributed by atoms with Gasteiger partial charge in [0.25, 0.3) is 0 Å². The Labute approximate surface area is 184 Å². The van der Waals surface area contributed by atoms with Crippen LogP contribution < -0.4 is 5.32 Å². The zero-order chi connectivity index (χ0) is 22.6. The molecule has 6 heteroatoms. The fraction of sp³-hybridized carbons (Fsp3) is 0.708. The van der Waals surface area contributed by atoms with Gasteiger partial charge in [0.15, 0.2) is 8.32 Å². The van der Waals surface area contributed by atoms with Gasteiger partial charge in [0.05, 0.1) is 12.6 Å². The van der Waals surface area contributed by atoms with E-state index in [2.05, 4.69) is 63.4 Å². The molecule has 0 aromatic heterocycles. The third kappa shape index (κ3) is 7.10. The van der Waals surface area contributed by atoms with Crippen molar-refractivity contribution in [3.05, 3.63) is 35.9 Å². The molecule has 1 aromatic carbocycles. The van der Waals surface area contributed by atoms with Crippen molar-refractivity contribution >= 4 is 14.4 Å². The first-order valence-corrected chi connectivity index (χ1v) is 14.1. The van der Waals surface area contributed by atoms with Crippen LogP contribution in [0.4, 0.5) is 4.79 Å². The van der Waals surface area contributed by atoms with Gasteiger partial charge in [-0.15, -0.1) is 0 Å². The van der Waals surface area contributed by atoms with Crippen molar-refractivity contribution in [2.75, 3.05) is 19.7 Å². The molecule has 170 valence electrons. The van der Waals surface area contributed by atoms with E-state index in [9.17, 15) is 4.79 Å². The minimum atomic E-state index is -1.95. The lowest BCUT2D eigenvalue weighted by Crippen LogP contribution is -2.54. The Morgan fingerprint density at radius 3 is 2.30 bits per heavy atom. The van der Waals surface area contributed by atoms with Crippen LogP contribution in [0.2, 0.25) is 18.1 Å². The van der Waals surface area contributed by atoms with E-state index in [1.54, 1.807) is 0 Å². The summed E-state index contributed by atoms with van der Waals surface area (Å²) in [6.07, 6.45) is 1.45. The molecule has 1 unspecified atom stereocenters. The van der Waals surface area contributed by atoms with Crippen molar-refractivity contribution in [3.8, 4) is 0 Å². The van der Waals surface area contributed by atoms with E-state index in [1.165, 1.54) is 5.56 Å². The predicted molar refractivity (Wildman–Crippen MR) is 126 cm³/mol. The lowest BCUT2D eigenvalue weighted by molar-refractivity contribution is -0.0000449. The second-order valence-corrected chi connectivity index (χ2v) is 15.8. The maximum atomic E-state index is 13.3. The average molecular weight is 435 g/mol. The first-order chi connectivity index (χ1) is 13.8. The fourth-order valence-electron chi connectivity index (χ4n) is 3.43. The third-order valence-corrected chi connectivity index (χ3v) is 10.7. The maximum Gasteiger partial charge on any atom is 0.410 e. The Bertz CT molecular complexity index is 674. The Balaban J connectivity index is 2.32. The second-order valence-electron chi connectivity index (χ2n) is 10.9. The molecule has 0 bridgehead atoms. The van der Waals surface area contributed by atoms with Crippen LogP contribution in [0.25, 0.3) is 0 Å². The van der Waals surface area contributed by atoms with Crippen LogP contribution in [-0.2, 0) is 15.6 Å². The molecule has 1 aliphatic heterocycles. The average Bonchev–Trinajstić information content (AvgIpc) is 3.12. The lowest BCUT2D eigenvalue weighted by atomic mass is 10.0. The Kier molecular flexibility index (Phi) is 8.16. The molecule has 0 saturated carbocycles. The lowest BCUT2D eigenvalue weighted by Gasteiger charge is -2.41. The van der Waals surface area contributed by atoms with E-state index in [-0.39, 0.29) is 23.2 Å². The molecule has 1 fully saturated rings. The number of rotatable bonds is 7. The van der Waals surface area contributed by atoms with Gasteiger partial charge in [-0.1, -0.05) is 51.1 Å². The van der Waals surface area contributed by atoms with Gasteiger partial charge in [0.2, 0.25) is 0 Å².